The van der Waals surface area contributed by atoms with Crippen LogP contribution in [0, 0.1) is 17.2 Å². The maximum atomic E-state index is 12.2. The molecule has 0 aliphatic carbocycles. The summed E-state index contributed by atoms with van der Waals surface area (Å²) in [6.07, 6.45) is 4.66. The molecule has 1 aromatic carbocycles. The highest BCUT2D eigenvalue weighted by molar-refractivity contribution is 5.94. The number of anilines is 1. The van der Waals surface area contributed by atoms with E-state index in [0.717, 1.165) is 47.5 Å². The first-order chi connectivity index (χ1) is 13.9. The Balaban J connectivity index is 2.05. The van der Waals surface area contributed by atoms with Crippen LogP contribution in [0.5, 0.6) is 0 Å². The number of hydrogen-bond acceptors (Lipinski definition) is 4. The predicted octanol–water partition coefficient (Wildman–Crippen LogP) is 4.89. The zero-order chi connectivity index (χ0) is 21.1. The van der Waals surface area contributed by atoms with Crippen molar-refractivity contribution in [2.75, 3.05) is 11.4 Å². The number of piperidine rings is 1. The van der Waals surface area contributed by atoms with Crippen molar-refractivity contribution in [2.45, 2.75) is 52.9 Å². The number of nitrogens with two attached hydrogens (primary N) is 1. The van der Waals surface area contributed by atoms with E-state index in [4.69, 9.17) is 10.5 Å². The fourth-order valence-electron chi connectivity index (χ4n) is 4.31. The van der Waals surface area contributed by atoms with Crippen molar-refractivity contribution in [1.82, 2.24) is 0 Å². The second-order valence-electron chi connectivity index (χ2n) is 7.89. The molecule has 1 fully saturated rings. The summed E-state index contributed by atoms with van der Waals surface area (Å²) in [5.74, 6) is 1.05. The molecule has 1 amide bonds. The minimum absolute atomic E-state index is 0.160. The summed E-state index contributed by atoms with van der Waals surface area (Å²) in [6.45, 7) is 8.92. The van der Waals surface area contributed by atoms with Gasteiger partial charge < -0.3 is 15.4 Å². The van der Waals surface area contributed by atoms with Gasteiger partial charge in [0, 0.05) is 24.2 Å². The van der Waals surface area contributed by atoms with Crippen LogP contribution < -0.4 is 10.6 Å². The van der Waals surface area contributed by atoms with E-state index in [9.17, 15) is 10.1 Å². The first-order valence-electron chi connectivity index (χ1n) is 10.2. The van der Waals surface area contributed by atoms with Crippen LogP contribution in [0.2, 0.25) is 0 Å². The van der Waals surface area contributed by atoms with Crippen molar-refractivity contribution in [3.8, 4) is 6.07 Å². The number of benzene rings is 1. The summed E-state index contributed by atoms with van der Waals surface area (Å²) in [5.41, 5.74) is 10.5. The zero-order valence-electron chi connectivity index (χ0n) is 17.7. The molecule has 5 nitrogen and oxygen atoms in total. The molecule has 0 spiro atoms. The van der Waals surface area contributed by atoms with E-state index in [0.29, 0.717) is 12.0 Å². The molecule has 0 bridgehead atoms. The van der Waals surface area contributed by atoms with Crippen LogP contribution in [0.4, 0.5) is 5.69 Å². The molecular weight excluding hydrogens is 362 g/mol. The van der Waals surface area contributed by atoms with Crippen LogP contribution in [0.25, 0.3) is 0 Å². The normalized spacial score (nSPS) is 20.8. The van der Waals surface area contributed by atoms with E-state index in [1.165, 1.54) is 0 Å². The summed E-state index contributed by atoms with van der Waals surface area (Å²) in [6, 6.07) is 10.2. The predicted molar refractivity (Wildman–Crippen MR) is 115 cm³/mol. The van der Waals surface area contributed by atoms with Gasteiger partial charge in [0.1, 0.15) is 17.4 Å². The highest BCUT2D eigenvalue weighted by Gasteiger charge is 2.34. The molecule has 1 unspecified atom stereocenters. The van der Waals surface area contributed by atoms with Crippen molar-refractivity contribution in [1.29, 1.82) is 5.26 Å². The van der Waals surface area contributed by atoms with Gasteiger partial charge in [-0.2, -0.15) is 5.26 Å². The fourth-order valence-corrected chi connectivity index (χ4v) is 4.31. The van der Waals surface area contributed by atoms with Gasteiger partial charge in [-0.05, 0) is 55.9 Å². The molecule has 2 aliphatic rings. The molecule has 29 heavy (non-hydrogen) atoms. The lowest BCUT2D eigenvalue weighted by Crippen LogP contribution is -2.35. The maximum Gasteiger partial charge on any atom is 0.226 e. The van der Waals surface area contributed by atoms with E-state index < -0.39 is 0 Å². The van der Waals surface area contributed by atoms with Gasteiger partial charge in [0.2, 0.25) is 11.8 Å². The Kier molecular flexibility index (Phi) is 6.12. The van der Waals surface area contributed by atoms with Crippen LogP contribution in [-0.2, 0) is 9.53 Å². The van der Waals surface area contributed by atoms with Crippen LogP contribution in [-0.4, -0.2) is 12.5 Å². The zero-order valence-corrected chi connectivity index (χ0v) is 17.7. The quantitative estimate of drug-likeness (QED) is 0.793. The third kappa shape index (κ3) is 3.93. The number of allylic oxidation sites excluding steroid dienone is 5. The van der Waals surface area contributed by atoms with Gasteiger partial charge in [-0.25, -0.2) is 0 Å². The molecule has 2 heterocycles. The third-order valence-corrected chi connectivity index (χ3v) is 5.71. The van der Waals surface area contributed by atoms with E-state index in [1.54, 1.807) is 0 Å². The second kappa shape index (κ2) is 8.57. The van der Waals surface area contributed by atoms with Crippen molar-refractivity contribution >= 4 is 11.6 Å². The standard InChI is InChI=1S/C24H29N3O2/c1-5-19(15(2)3)22-16(4)29-24(26)20(14-25)23(22)17-9-11-18(12-10-17)27-13-7-6-8-21(27)28/h5,9-12,15,23H,6-8,13,26H2,1-4H3/b19-5-. The van der Waals surface area contributed by atoms with Gasteiger partial charge in [0.25, 0.3) is 0 Å². The SMILES string of the molecule is C/C=C(\C1=C(C)OC(N)=C(C#N)C1c1ccc(N2CCCCC2=O)cc1)C(C)C. The number of amides is 1. The summed E-state index contributed by atoms with van der Waals surface area (Å²) >= 11 is 0. The highest BCUT2D eigenvalue weighted by Crippen LogP contribution is 2.44. The minimum Gasteiger partial charge on any atom is -0.445 e. The molecule has 3 rings (SSSR count). The van der Waals surface area contributed by atoms with Gasteiger partial charge in [-0.15, -0.1) is 0 Å². The Hall–Kier alpha value is -3.00. The maximum absolute atomic E-state index is 12.2. The Morgan fingerprint density at radius 3 is 2.55 bits per heavy atom. The highest BCUT2D eigenvalue weighted by atomic mass is 16.5. The van der Waals surface area contributed by atoms with Crippen LogP contribution in [0.1, 0.15) is 58.4 Å². The number of carbonyl (C=O) groups is 1. The molecule has 0 saturated carbocycles. The van der Waals surface area contributed by atoms with Crippen molar-refractivity contribution in [3.05, 3.63) is 64.3 Å². The van der Waals surface area contributed by atoms with Crippen molar-refractivity contribution < 1.29 is 9.53 Å². The molecule has 1 aromatic rings. The summed E-state index contributed by atoms with van der Waals surface area (Å²) < 4.78 is 5.74. The van der Waals surface area contributed by atoms with Crippen molar-refractivity contribution in [3.63, 3.8) is 0 Å². The molecule has 2 N–H and O–H groups in total. The molecule has 1 saturated heterocycles. The topological polar surface area (TPSA) is 79.3 Å². The average Bonchev–Trinajstić information content (AvgIpc) is 2.70. The Bertz CT molecular complexity index is 930. The first-order valence-corrected chi connectivity index (χ1v) is 10.2. The molecule has 0 radical (unpaired) electrons. The van der Waals surface area contributed by atoms with Gasteiger partial charge in [-0.3, -0.25) is 4.79 Å². The molecule has 2 aliphatic heterocycles. The van der Waals surface area contributed by atoms with E-state index in [-0.39, 0.29) is 23.6 Å². The number of hydrogen-bond donors (Lipinski definition) is 1. The lowest BCUT2D eigenvalue weighted by atomic mass is 9.77. The average molecular weight is 392 g/mol. The Labute approximate surface area is 173 Å². The Morgan fingerprint density at radius 1 is 1.31 bits per heavy atom. The van der Waals surface area contributed by atoms with Crippen LogP contribution >= 0.6 is 0 Å². The molecule has 152 valence electrons. The fraction of sp³-hybridized carbons (Fsp3) is 0.417. The number of ether oxygens (including phenoxy) is 1. The third-order valence-electron chi connectivity index (χ3n) is 5.71. The number of rotatable bonds is 4. The van der Waals surface area contributed by atoms with Gasteiger partial charge >= 0.3 is 0 Å². The second-order valence-corrected chi connectivity index (χ2v) is 7.89. The summed E-state index contributed by atoms with van der Waals surface area (Å²) in [4.78, 5) is 14.1. The van der Waals surface area contributed by atoms with E-state index >= 15 is 0 Å². The number of nitriles is 1. The van der Waals surface area contributed by atoms with Gasteiger partial charge in [0.05, 0.1) is 5.92 Å². The molecule has 5 heteroatoms. The van der Waals surface area contributed by atoms with Crippen molar-refractivity contribution in [2.24, 2.45) is 11.7 Å². The first kappa shape index (κ1) is 20.7. The summed E-state index contributed by atoms with van der Waals surface area (Å²) in [5, 5.41) is 9.82. The monoisotopic (exact) mass is 391 g/mol. The summed E-state index contributed by atoms with van der Waals surface area (Å²) in [7, 11) is 0. The van der Waals surface area contributed by atoms with Crippen LogP contribution in [0.3, 0.4) is 0 Å². The smallest absolute Gasteiger partial charge is 0.226 e. The number of carbonyl (C=O) groups excluding carboxylic acids is 1. The molecule has 1 atom stereocenters. The van der Waals surface area contributed by atoms with E-state index in [1.807, 2.05) is 43.0 Å². The lowest BCUT2D eigenvalue weighted by Gasteiger charge is -2.31. The lowest BCUT2D eigenvalue weighted by molar-refractivity contribution is -0.119. The Morgan fingerprint density at radius 2 is 2.00 bits per heavy atom. The van der Waals surface area contributed by atoms with Gasteiger partial charge in [0.15, 0.2) is 0 Å². The van der Waals surface area contributed by atoms with Gasteiger partial charge in [-0.1, -0.05) is 32.1 Å². The number of nitrogens with zero attached hydrogens (tertiary/aromatic N) is 2. The minimum atomic E-state index is -0.284. The molecular formula is C24H29N3O2. The largest absolute Gasteiger partial charge is 0.445 e. The van der Waals surface area contributed by atoms with E-state index in [2.05, 4.69) is 26.0 Å². The molecule has 0 aromatic heterocycles. The van der Waals surface area contributed by atoms with Crippen LogP contribution in [0.15, 0.2) is 58.7 Å².